The molecule has 1 atom stereocenters. The number of nitrogens with zero attached hydrogens (tertiary/aromatic N) is 4. The number of carbonyl (C=O) groups excluding carboxylic acids is 1. The lowest BCUT2D eigenvalue weighted by Crippen LogP contribution is -2.24. The molecule has 102 valence electrons. The quantitative estimate of drug-likeness (QED) is 0.837. The third kappa shape index (κ3) is 2.22. The van der Waals surface area contributed by atoms with E-state index in [4.69, 9.17) is 0 Å². The van der Waals surface area contributed by atoms with Gasteiger partial charge in [-0.1, -0.05) is 30.3 Å². The third-order valence-electron chi connectivity index (χ3n) is 3.45. The van der Waals surface area contributed by atoms with Crippen molar-refractivity contribution in [2.75, 3.05) is 0 Å². The number of hydrogen-bond acceptors (Lipinski definition) is 3. The molecule has 0 saturated carbocycles. The van der Waals surface area contributed by atoms with Crippen molar-refractivity contribution in [1.82, 2.24) is 14.8 Å². The van der Waals surface area contributed by atoms with E-state index in [0.29, 0.717) is 0 Å². The Kier molecular flexibility index (Phi) is 3.10. The van der Waals surface area contributed by atoms with Crippen LogP contribution in [0, 0.1) is 0 Å². The maximum Gasteiger partial charge on any atom is 0.240 e. The molecule has 0 aliphatic carbocycles. The molecule has 0 spiro atoms. The fourth-order valence-corrected chi connectivity index (χ4v) is 2.48. The number of hydrogen-bond donors (Lipinski definition) is 0. The van der Waals surface area contributed by atoms with Gasteiger partial charge in [0.2, 0.25) is 5.91 Å². The molecule has 5 heteroatoms. The molecule has 0 radical (unpaired) electrons. The fourth-order valence-electron chi connectivity index (χ4n) is 2.48. The van der Waals surface area contributed by atoms with Crippen LogP contribution >= 0.6 is 0 Å². The van der Waals surface area contributed by atoms with Gasteiger partial charge in [0.1, 0.15) is 0 Å². The summed E-state index contributed by atoms with van der Waals surface area (Å²) in [7, 11) is 1.87. The summed E-state index contributed by atoms with van der Waals surface area (Å²) in [6.45, 7) is 1.54. The van der Waals surface area contributed by atoms with Crippen molar-refractivity contribution >= 4 is 11.6 Å². The van der Waals surface area contributed by atoms with Gasteiger partial charge in [-0.2, -0.15) is 10.2 Å². The summed E-state index contributed by atoms with van der Waals surface area (Å²) in [6.07, 6.45) is 4.45. The first-order valence-corrected chi connectivity index (χ1v) is 6.56. The molecule has 1 aromatic heterocycles. The molecule has 5 nitrogen and oxygen atoms in total. The lowest BCUT2D eigenvalue weighted by Gasteiger charge is -2.18. The van der Waals surface area contributed by atoms with Crippen LogP contribution in [-0.4, -0.2) is 26.4 Å². The number of aryl methyl sites for hydroxylation is 1. The highest BCUT2D eigenvalue weighted by Gasteiger charge is 2.31. The summed E-state index contributed by atoms with van der Waals surface area (Å²) in [5.74, 6) is -0.0511. The van der Waals surface area contributed by atoms with Gasteiger partial charge < -0.3 is 0 Å². The van der Waals surface area contributed by atoms with E-state index in [0.717, 1.165) is 23.3 Å². The van der Waals surface area contributed by atoms with E-state index in [-0.39, 0.29) is 11.9 Å². The van der Waals surface area contributed by atoms with Crippen molar-refractivity contribution in [2.24, 2.45) is 12.1 Å². The highest BCUT2D eigenvalue weighted by atomic mass is 16.2. The molecule has 1 aromatic carbocycles. The first-order valence-electron chi connectivity index (χ1n) is 6.56. The highest BCUT2D eigenvalue weighted by molar-refractivity contribution is 6.03. The van der Waals surface area contributed by atoms with Gasteiger partial charge >= 0.3 is 0 Å². The molecule has 0 unspecified atom stereocenters. The molecule has 3 rings (SSSR count). The van der Waals surface area contributed by atoms with Gasteiger partial charge in [-0.15, -0.1) is 0 Å². The van der Waals surface area contributed by atoms with Gasteiger partial charge in [0.25, 0.3) is 0 Å². The summed E-state index contributed by atoms with van der Waals surface area (Å²) in [5.41, 5.74) is 3.01. The molecule has 0 bridgehead atoms. The van der Waals surface area contributed by atoms with Gasteiger partial charge in [0, 0.05) is 32.2 Å². The predicted molar refractivity (Wildman–Crippen MR) is 76.1 cm³/mol. The van der Waals surface area contributed by atoms with Gasteiger partial charge in [-0.3, -0.25) is 9.48 Å². The summed E-state index contributed by atoms with van der Waals surface area (Å²) in [6, 6.07) is 9.91. The fraction of sp³-hybridized carbons (Fsp3) is 0.267. The first-order chi connectivity index (χ1) is 9.65. The second-order valence-corrected chi connectivity index (χ2v) is 4.94. The number of carbonyl (C=O) groups is 1. The maximum absolute atomic E-state index is 11.8. The minimum absolute atomic E-state index is 0.0511. The van der Waals surface area contributed by atoms with Gasteiger partial charge in [-0.25, -0.2) is 5.01 Å². The SMILES string of the molecule is CC(=O)N1N=C(c2ccccc2)C[C@H]1c1cnn(C)c1. The molecule has 0 saturated heterocycles. The summed E-state index contributed by atoms with van der Waals surface area (Å²) >= 11 is 0. The molecule has 1 amide bonds. The van der Waals surface area contributed by atoms with Gasteiger partial charge in [0.15, 0.2) is 0 Å². The topological polar surface area (TPSA) is 50.5 Å². The zero-order chi connectivity index (χ0) is 14.1. The van der Waals surface area contributed by atoms with E-state index in [1.54, 1.807) is 22.8 Å². The number of aromatic nitrogens is 2. The molecule has 1 aliphatic heterocycles. The van der Waals surface area contributed by atoms with Crippen LogP contribution in [0.1, 0.15) is 30.5 Å². The monoisotopic (exact) mass is 268 g/mol. The van der Waals surface area contributed by atoms with E-state index in [1.807, 2.05) is 43.6 Å². The molecular weight excluding hydrogens is 252 g/mol. The van der Waals surface area contributed by atoms with Gasteiger partial charge in [0.05, 0.1) is 18.0 Å². The Labute approximate surface area is 117 Å². The van der Waals surface area contributed by atoms with Crippen LogP contribution < -0.4 is 0 Å². The molecule has 20 heavy (non-hydrogen) atoms. The molecule has 2 heterocycles. The average Bonchev–Trinajstić information content (AvgIpc) is 3.05. The number of amides is 1. The lowest BCUT2D eigenvalue weighted by atomic mass is 10.0. The van der Waals surface area contributed by atoms with E-state index >= 15 is 0 Å². The van der Waals surface area contributed by atoms with E-state index in [1.165, 1.54) is 0 Å². The molecular formula is C15H16N4O. The number of rotatable bonds is 2. The Bertz CT molecular complexity index is 660. The highest BCUT2D eigenvalue weighted by Crippen LogP contribution is 2.32. The molecule has 0 fully saturated rings. The Morgan fingerprint density at radius 1 is 1.30 bits per heavy atom. The lowest BCUT2D eigenvalue weighted by molar-refractivity contribution is -0.130. The van der Waals surface area contributed by atoms with E-state index < -0.39 is 0 Å². The van der Waals surface area contributed by atoms with Crippen LogP contribution in [0.4, 0.5) is 0 Å². The van der Waals surface area contributed by atoms with Gasteiger partial charge in [-0.05, 0) is 5.56 Å². The van der Waals surface area contributed by atoms with Crippen molar-refractivity contribution in [3.8, 4) is 0 Å². The van der Waals surface area contributed by atoms with Crippen molar-refractivity contribution in [2.45, 2.75) is 19.4 Å². The normalized spacial score (nSPS) is 18.2. The first kappa shape index (κ1) is 12.6. The Hall–Kier alpha value is -2.43. The largest absolute Gasteiger partial charge is 0.275 e. The standard InChI is InChI=1S/C15H16N4O/c1-11(20)19-15(13-9-16-18(2)10-13)8-14(17-19)12-6-4-3-5-7-12/h3-7,9-10,15H,8H2,1-2H3/t15-/m0/s1. The Morgan fingerprint density at radius 3 is 2.65 bits per heavy atom. The minimum Gasteiger partial charge on any atom is -0.275 e. The van der Waals surface area contributed by atoms with Crippen molar-refractivity contribution in [3.05, 3.63) is 53.9 Å². The van der Waals surface area contributed by atoms with E-state index in [9.17, 15) is 4.79 Å². The Balaban J connectivity index is 1.94. The second kappa shape index (κ2) is 4.92. The third-order valence-corrected chi connectivity index (χ3v) is 3.45. The zero-order valence-corrected chi connectivity index (χ0v) is 11.5. The molecule has 1 aliphatic rings. The zero-order valence-electron chi connectivity index (χ0n) is 11.5. The van der Waals surface area contributed by atoms with Crippen LogP contribution in [0.15, 0.2) is 47.8 Å². The van der Waals surface area contributed by atoms with Crippen LogP contribution in [0.2, 0.25) is 0 Å². The molecule has 2 aromatic rings. The average molecular weight is 268 g/mol. The van der Waals surface area contributed by atoms with Crippen molar-refractivity contribution < 1.29 is 4.79 Å². The predicted octanol–water partition coefficient (Wildman–Crippen LogP) is 2.12. The smallest absolute Gasteiger partial charge is 0.240 e. The summed E-state index contributed by atoms with van der Waals surface area (Å²) in [4.78, 5) is 11.8. The maximum atomic E-state index is 11.8. The van der Waals surface area contributed by atoms with Crippen molar-refractivity contribution in [1.29, 1.82) is 0 Å². The Morgan fingerprint density at radius 2 is 2.05 bits per heavy atom. The van der Waals surface area contributed by atoms with Crippen LogP contribution in [0.25, 0.3) is 0 Å². The van der Waals surface area contributed by atoms with E-state index in [2.05, 4.69) is 10.2 Å². The van der Waals surface area contributed by atoms with Crippen LogP contribution in [0.5, 0.6) is 0 Å². The van der Waals surface area contributed by atoms with Crippen LogP contribution in [0.3, 0.4) is 0 Å². The van der Waals surface area contributed by atoms with Crippen LogP contribution in [-0.2, 0) is 11.8 Å². The van der Waals surface area contributed by atoms with Crippen molar-refractivity contribution in [3.63, 3.8) is 0 Å². The summed E-state index contributed by atoms with van der Waals surface area (Å²) in [5, 5.41) is 10.2. The number of benzene rings is 1. The number of hydrazone groups is 1. The summed E-state index contributed by atoms with van der Waals surface area (Å²) < 4.78 is 1.74. The molecule has 0 N–H and O–H groups in total. The minimum atomic E-state index is -0.0589. The second-order valence-electron chi connectivity index (χ2n) is 4.94.